The van der Waals surface area contributed by atoms with Crippen molar-refractivity contribution in [3.63, 3.8) is 0 Å². The second-order valence-corrected chi connectivity index (χ2v) is 3.97. The minimum Gasteiger partial charge on any atom is -0.512 e. The number of carbonyl (C=O) groups is 1. The molecule has 0 N–H and O–H groups in total. The van der Waals surface area contributed by atoms with E-state index in [0.29, 0.717) is 6.42 Å². The van der Waals surface area contributed by atoms with Crippen LogP contribution < -0.4 is 0 Å². The zero-order valence-corrected chi connectivity index (χ0v) is 9.74. The van der Waals surface area contributed by atoms with E-state index >= 15 is 0 Å². The van der Waals surface area contributed by atoms with Crippen LogP contribution in [0.1, 0.15) is 33.6 Å². The Bertz CT molecular complexity index is 281. The third-order valence-electron chi connectivity index (χ3n) is 1.82. The molecular weight excluding hydrogens is 202 g/mol. The molecule has 0 radical (unpaired) electrons. The number of hydrogen-bond donors (Lipinski definition) is 0. The summed E-state index contributed by atoms with van der Waals surface area (Å²) < 4.78 is 0. The number of allylic oxidation sites excluding steroid dienone is 2. The summed E-state index contributed by atoms with van der Waals surface area (Å²) >= 11 is 0. The molecular formula is C12H14N3O-3. The minimum atomic E-state index is 0.204. The number of carbonyl (C=O) groups excluding carboxylic acids is 1. The van der Waals surface area contributed by atoms with Gasteiger partial charge in [0.15, 0.2) is 5.78 Å². The van der Waals surface area contributed by atoms with E-state index in [9.17, 15) is 4.79 Å². The van der Waals surface area contributed by atoms with Crippen LogP contribution in [0.15, 0.2) is 11.6 Å². The Morgan fingerprint density at radius 3 is 1.69 bits per heavy atom. The van der Waals surface area contributed by atoms with Gasteiger partial charge in [-0.3, -0.25) is 4.79 Å². The van der Waals surface area contributed by atoms with Gasteiger partial charge in [0.05, 0.1) is 0 Å². The summed E-state index contributed by atoms with van der Waals surface area (Å²) in [6, 6.07) is 0. The van der Waals surface area contributed by atoms with Gasteiger partial charge in [0.25, 0.3) is 0 Å². The van der Waals surface area contributed by atoms with Gasteiger partial charge >= 0.3 is 0 Å². The molecule has 0 fully saturated rings. The Morgan fingerprint density at radius 1 is 1.06 bits per heavy atom. The van der Waals surface area contributed by atoms with Crippen LogP contribution >= 0.6 is 0 Å². The summed E-state index contributed by atoms with van der Waals surface area (Å²) in [5, 5.41) is 18.8. The standard InChI is InChI=1S/C9H14O.3CN/c1-7-4-8(10)6-9(2,3)5-7;3*1-2/h4H,5-6H2,1-3H3;;;/q;3*-1. The largest absolute Gasteiger partial charge is 0.512 e. The molecule has 0 bridgehead atoms. The molecule has 0 aromatic heterocycles. The van der Waals surface area contributed by atoms with Crippen LogP contribution in [0, 0.1) is 40.9 Å². The molecule has 1 aliphatic carbocycles. The van der Waals surface area contributed by atoms with Crippen molar-refractivity contribution in [1.29, 1.82) is 15.8 Å². The van der Waals surface area contributed by atoms with Gasteiger partial charge in [-0.05, 0) is 24.8 Å². The van der Waals surface area contributed by atoms with Crippen molar-refractivity contribution in [2.24, 2.45) is 5.41 Å². The van der Waals surface area contributed by atoms with Gasteiger partial charge in [-0.15, -0.1) is 0 Å². The molecule has 0 heterocycles. The van der Waals surface area contributed by atoms with E-state index in [4.69, 9.17) is 35.5 Å². The highest BCUT2D eigenvalue weighted by Crippen LogP contribution is 2.32. The quantitative estimate of drug-likeness (QED) is 0.582. The normalized spacial score (nSPS) is 15.6. The van der Waals surface area contributed by atoms with Gasteiger partial charge in [-0.2, -0.15) is 0 Å². The molecule has 4 heteroatoms. The average Bonchev–Trinajstić information content (AvgIpc) is 2.23. The third-order valence-corrected chi connectivity index (χ3v) is 1.82. The first-order chi connectivity index (χ1) is 7.49. The molecule has 0 saturated carbocycles. The van der Waals surface area contributed by atoms with Crippen molar-refractivity contribution in [3.05, 3.63) is 31.4 Å². The van der Waals surface area contributed by atoms with E-state index < -0.39 is 0 Å². The van der Waals surface area contributed by atoms with E-state index in [1.165, 1.54) is 5.57 Å². The van der Waals surface area contributed by atoms with Gasteiger partial charge in [0.2, 0.25) is 0 Å². The summed E-state index contributed by atoms with van der Waals surface area (Å²) in [6.45, 7) is 20.6. The summed E-state index contributed by atoms with van der Waals surface area (Å²) in [4.78, 5) is 11.0. The highest BCUT2D eigenvalue weighted by Gasteiger charge is 2.25. The SMILES string of the molecule is CC1=CC(=O)CC(C)(C)C1.[C-]#N.[C-]#N.[C-]#N. The van der Waals surface area contributed by atoms with Crippen molar-refractivity contribution in [3.8, 4) is 0 Å². The molecule has 0 amide bonds. The van der Waals surface area contributed by atoms with Gasteiger partial charge in [0, 0.05) is 6.42 Å². The topological polar surface area (TPSA) is 88.4 Å². The highest BCUT2D eigenvalue weighted by atomic mass is 16.1. The predicted molar refractivity (Wildman–Crippen MR) is 56.7 cm³/mol. The van der Waals surface area contributed by atoms with Crippen molar-refractivity contribution < 1.29 is 4.79 Å². The fourth-order valence-corrected chi connectivity index (χ4v) is 1.67. The zero-order chi connectivity index (χ0) is 13.8. The molecule has 86 valence electrons. The molecule has 0 unspecified atom stereocenters. The Morgan fingerprint density at radius 2 is 1.44 bits per heavy atom. The van der Waals surface area contributed by atoms with Crippen LogP contribution in [0.2, 0.25) is 0 Å². The number of rotatable bonds is 0. The molecule has 4 nitrogen and oxygen atoms in total. The molecule has 0 aromatic carbocycles. The van der Waals surface area contributed by atoms with Gasteiger partial charge in [-0.1, -0.05) is 19.4 Å². The van der Waals surface area contributed by atoms with E-state index in [-0.39, 0.29) is 11.2 Å². The van der Waals surface area contributed by atoms with Gasteiger partial charge < -0.3 is 35.5 Å². The monoisotopic (exact) mass is 216 g/mol. The Labute approximate surface area is 97.4 Å². The minimum absolute atomic E-state index is 0.204. The maximum absolute atomic E-state index is 11.0. The second kappa shape index (κ2) is 11.0. The van der Waals surface area contributed by atoms with Crippen LogP contribution in [0.5, 0.6) is 0 Å². The molecule has 0 saturated heterocycles. The number of nitrogens with zero attached hydrogens (tertiary/aromatic N) is 3. The Balaban J connectivity index is -0.000000245. The lowest BCUT2D eigenvalue weighted by Gasteiger charge is -2.27. The summed E-state index contributed by atoms with van der Waals surface area (Å²) in [5.74, 6) is 0.286. The number of hydrogen-bond acceptors (Lipinski definition) is 4. The molecule has 16 heavy (non-hydrogen) atoms. The summed E-state index contributed by atoms with van der Waals surface area (Å²) in [5.41, 5.74) is 1.43. The van der Waals surface area contributed by atoms with Crippen LogP contribution in [0.3, 0.4) is 0 Å². The van der Waals surface area contributed by atoms with E-state index in [1.54, 1.807) is 6.08 Å². The van der Waals surface area contributed by atoms with Gasteiger partial charge in [0.1, 0.15) is 0 Å². The van der Waals surface area contributed by atoms with Crippen molar-refractivity contribution >= 4 is 5.78 Å². The van der Waals surface area contributed by atoms with Crippen molar-refractivity contribution in [2.75, 3.05) is 0 Å². The lowest BCUT2D eigenvalue weighted by molar-refractivity contribution is -0.117. The van der Waals surface area contributed by atoms with Crippen molar-refractivity contribution in [2.45, 2.75) is 33.6 Å². The lowest BCUT2D eigenvalue weighted by atomic mass is 9.77. The third kappa shape index (κ3) is 9.96. The van der Waals surface area contributed by atoms with Crippen LogP contribution in [-0.2, 0) is 4.79 Å². The molecule has 0 spiro atoms. The highest BCUT2D eigenvalue weighted by molar-refractivity contribution is 5.91. The fourth-order valence-electron chi connectivity index (χ4n) is 1.67. The fraction of sp³-hybridized carbons (Fsp3) is 0.500. The van der Waals surface area contributed by atoms with E-state index in [2.05, 4.69) is 13.8 Å². The molecule has 0 aliphatic heterocycles. The molecule has 1 rings (SSSR count). The Kier molecular flexibility index (Phi) is 13.3. The first-order valence-corrected chi connectivity index (χ1v) is 4.37. The molecule has 0 atom stereocenters. The second-order valence-electron chi connectivity index (χ2n) is 3.97. The molecule has 1 aliphatic rings. The maximum atomic E-state index is 11.0. The van der Waals surface area contributed by atoms with Crippen LogP contribution in [0.4, 0.5) is 0 Å². The van der Waals surface area contributed by atoms with E-state index in [1.807, 2.05) is 6.92 Å². The van der Waals surface area contributed by atoms with Crippen LogP contribution in [-0.4, -0.2) is 5.78 Å². The first kappa shape index (κ1) is 19.5. The lowest BCUT2D eigenvalue weighted by Crippen LogP contribution is -2.20. The van der Waals surface area contributed by atoms with Gasteiger partial charge in [-0.25, -0.2) is 0 Å². The van der Waals surface area contributed by atoms with Crippen molar-refractivity contribution in [1.82, 2.24) is 0 Å². The average molecular weight is 216 g/mol. The van der Waals surface area contributed by atoms with E-state index in [0.717, 1.165) is 6.42 Å². The van der Waals surface area contributed by atoms with Crippen LogP contribution in [0.25, 0.3) is 0 Å². The smallest absolute Gasteiger partial charge is 0.156 e. The molecule has 0 aromatic rings. The summed E-state index contributed by atoms with van der Waals surface area (Å²) in [7, 11) is 0. The maximum Gasteiger partial charge on any atom is 0.156 e. The zero-order valence-electron chi connectivity index (χ0n) is 9.74. The number of ketones is 1. The predicted octanol–water partition coefficient (Wildman–Crippen LogP) is 2.61. The first-order valence-electron chi connectivity index (χ1n) is 4.37. The Hall–Kier alpha value is -2.12. The summed E-state index contributed by atoms with van der Waals surface area (Å²) in [6.07, 6.45) is 3.55.